The van der Waals surface area contributed by atoms with Crippen LogP contribution in [-0.4, -0.2) is 16.8 Å². The van der Waals surface area contributed by atoms with Gasteiger partial charge in [-0.2, -0.15) is 5.10 Å². The van der Waals surface area contributed by atoms with Crippen LogP contribution in [0.1, 0.15) is 24.2 Å². The summed E-state index contributed by atoms with van der Waals surface area (Å²) in [6, 6.07) is 10.6. The molecule has 1 atom stereocenters. The zero-order valence-electron chi connectivity index (χ0n) is 10.0. The Morgan fingerprint density at radius 1 is 1.41 bits per heavy atom. The summed E-state index contributed by atoms with van der Waals surface area (Å²) in [5.41, 5.74) is 2.42. The Labute approximate surface area is 110 Å². The lowest BCUT2D eigenvalue weighted by Gasteiger charge is -2.18. The van der Waals surface area contributed by atoms with Crippen LogP contribution in [0.4, 0.5) is 0 Å². The van der Waals surface area contributed by atoms with Crippen molar-refractivity contribution in [1.29, 1.82) is 0 Å². The highest BCUT2D eigenvalue weighted by atomic mass is 79.9. The molecule has 2 rings (SSSR count). The molecule has 0 fully saturated rings. The van der Waals surface area contributed by atoms with Gasteiger partial charge in [-0.25, -0.2) is 0 Å². The lowest BCUT2D eigenvalue weighted by Crippen LogP contribution is -2.21. The third-order valence-corrected chi connectivity index (χ3v) is 3.31. The molecule has 3 nitrogen and oxygen atoms in total. The van der Waals surface area contributed by atoms with Gasteiger partial charge in [0.05, 0.1) is 11.7 Å². The van der Waals surface area contributed by atoms with Crippen LogP contribution in [-0.2, 0) is 6.54 Å². The Hall–Kier alpha value is -1.13. The number of aromatic nitrogens is 2. The molecule has 4 heteroatoms. The first kappa shape index (κ1) is 12.3. The highest BCUT2D eigenvalue weighted by molar-refractivity contribution is 9.10. The summed E-state index contributed by atoms with van der Waals surface area (Å²) in [5, 5.41) is 7.66. The minimum Gasteiger partial charge on any atom is -0.308 e. The van der Waals surface area contributed by atoms with Crippen LogP contribution in [0.2, 0.25) is 0 Å². The molecule has 1 N–H and O–H groups in total. The monoisotopic (exact) mass is 293 g/mol. The van der Waals surface area contributed by atoms with E-state index in [0.717, 1.165) is 11.0 Å². The molecule has 0 aliphatic carbocycles. The lowest BCUT2D eigenvalue weighted by atomic mass is 10.0. The largest absolute Gasteiger partial charge is 0.308 e. The van der Waals surface area contributed by atoms with Crippen molar-refractivity contribution in [2.24, 2.45) is 0 Å². The molecule has 0 radical (unpaired) electrons. The molecule has 0 saturated carbocycles. The second-order valence-corrected chi connectivity index (χ2v) is 4.76. The van der Waals surface area contributed by atoms with E-state index in [2.05, 4.69) is 57.5 Å². The topological polar surface area (TPSA) is 29.9 Å². The van der Waals surface area contributed by atoms with E-state index in [1.54, 1.807) is 0 Å². The molecule has 2 aromatic rings. The molecule has 1 heterocycles. The highest BCUT2D eigenvalue weighted by Crippen LogP contribution is 2.24. The molecular formula is C13H16BrN3. The van der Waals surface area contributed by atoms with Crippen molar-refractivity contribution in [2.45, 2.75) is 19.5 Å². The number of benzene rings is 1. The fourth-order valence-corrected chi connectivity index (χ4v) is 2.44. The van der Waals surface area contributed by atoms with Crippen LogP contribution < -0.4 is 5.32 Å². The van der Waals surface area contributed by atoms with E-state index in [9.17, 15) is 0 Å². The van der Waals surface area contributed by atoms with Crippen molar-refractivity contribution in [3.63, 3.8) is 0 Å². The Balaban J connectivity index is 2.40. The molecule has 1 aromatic heterocycles. The SMILES string of the molecule is CCn1nccc1C(NC)c1cccc(Br)c1. The molecule has 0 amide bonds. The molecular weight excluding hydrogens is 278 g/mol. The molecule has 0 aliphatic heterocycles. The summed E-state index contributed by atoms with van der Waals surface area (Å²) < 4.78 is 3.11. The normalized spacial score (nSPS) is 12.6. The molecule has 0 bridgehead atoms. The summed E-state index contributed by atoms with van der Waals surface area (Å²) >= 11 is 3.51. The van der Waals surface area contributed by atoms with Crippen LogP contribution >= 0.6 is 15.9 Å². The van der Waals surface area contributed by atoms with Gasteiger partial charge in [0.15, 0.2) is 0 Å². The third kappa shape index (κ3) is 2.58. The Morgan fingerprint density at radius 2 is 2.24 bits per heavy atom. The zero-order valence-corrected chi connectivity index (χ0v) is 11.6. The first-order valence-electron chi connectivity index (χ1n) is 5.70. The van der Waals surface area contributed by atoms with E-state index >= 15 is 0 Å². The number of hydrogen-bond acceptors (Lipinski definition) is 2. The molecule has 1 aromatic carbocycles. The van der Waals surface area contributed by atoms with Gasteiger partial charge >= 0.3 is 0 Å². The van der Waals surface area contributed by atoms with Crippen LogP contribution in [0, 0.1) is 0 Å². The van der Waals surface area contributed by atoms with Gasteiger partial charge in [-0.1, -0.05) is 28.1 Å². The van der Waals surface area contributed by atoms with Gasteiger partial charge in [0.1, 0.15) is 0 Å². The second-order valence-electron chi connectivity index (χ2n) is 3.85. The summed E-state index contributed by atoms with van der Waals surface area (Å²) in [7, 11) is 1.97. The molecule has 0 saturated heterocycles. The van der Waals surface area contributed by atoms with Gasteiger partial charge in [0, 0.05) is 17.2 Å². The van der Waals surface area contributed by atoms with Crippen molar-refractivity contribution in [1.82, 2.24) is 15.1 Å². The second kappa shape index (κ2) is 5.47. The van der Waals surface area contributed by atoms with Crippen molar-refractivity contribution >= 4 is 15.9 Å². The first-order valence-corrected chi connectivity index (χ1v) is 6.50. The maximum absolute atomic E-state index is 4.32. The average molecular weight is 294 g/mol. The summed E-state index contributed by atoms with van der Waals surface area (Å²) in [4.78, 5) is 0. The number of hydrogen-bond donors (Lipinski definition) is 1. The number of rotatable bonds is 4. The maximum Gasteiger partial charge on any atom is 0.0746 e. The number of aryl methyl sites for hydroxylation is 1. The van der Waals surface area contributed by atoms with Crippen LogP contribution in [0.15, 0.2) is 41.0 Å². The molecule has 0 aliphatic rings. The number of nitrogens with zero attached hydrogens (tertiary/aromatic N) is 2. The third-order valence-electron chi connectivity index (χ3n) is 2.82. The van der Waals surface area contributed by atoms with E-state index in [1.165, 1.54) is 11.3 Å². The van der Waals surface area contributed by atoms with Gasteiger partial charge in [0.25, 0.3) is 0 Å². The molecule has 17 heavy (non-hydrogen) atoms. The fourth-order valence-electron chi connectivity index (χ4n) is 2.02. The lowest BCUT2D eigenvalue weighted by molar-refractivity contribution is 0.563. The van der Waals surface area contributed by atoms with Crippen molar-refractivity contribution in [3.05, 3.63) is 52.3 Å². The predicted octanol–water partition coefficient (Wildman–Crippen LogP) is 2.97. The Morgan fingerprint density at radius 3 is 2.88 bits per heavy atom. The number of halogens is 1. The smallest absolute Gasteiger partial charge is 0.0746 e. The van der Waals surface area contributed by atoms with Crippen molar-refractivity contribution in [3.8, 4) is 0 Å². The molecule has 0 spiro atoms. The summed E-state index contributed by atoms with van der Waals surface area (Å²) in [6.45, 7) is 2.98. The quantitative estimate of drug-likeness (QED) is 0.939. The van der Waals surface area contributed by atoms with E-state index in [4.69, 9.17) is 0 Å². The van der Waals surface area contributed by atoms with Crippen molar-refractivity contribution < 1.29 is 0 Å². The van der Waals surface area contributed by atoms with Gasteiger partial charge in [0.2, 0.25) is 0 Å². The van der Waals surface area contributed by atoms with Gasteiger partial charge in [-0.05, 0) is 37.7 Å². The van der Waals surface area contributed by atoms with Gasteiger partial charge < -0.3 is 5.32 Å². The first-order chi connectivity index (χ1) is 8.26. The van der Waals surface area contributed by atoms with E-state index < -0.39 is 0 Å². The maximum atomic E-state index is 4.32. The molecule has 90 valence electrons. The predicted molar refractivity (Wildman–Crippen MR) is 72.9 cm³/mol. The summed E-state index contributed by atoms with van der Waals surface area (Å²) in [6.07, 6.45) is 1.85. The van der Waals surface area contributed by atoms with Gasteiger partial charge in [-0.3, -0.25) is 4.68 Å². The highest BCUT2D eigenvalue weighted by Gasteiger charge is 2.15. The minimum absolute atomic E-state index is 0.176. The minimum atomic E-state index is 0.176. The van der Waals surface area contributed by atoms with E-state index in [0.29, 0.717) is 0 Å². The van der Waals surface area contributed by atoms with Gasteiger partial charge in [-0.15, -0.1) is 0 Å². The number of nitrogens with one attached hydrogen (secondary N) is 1. The molecule has 1 unspecified atom stereocenters. The fraction of sp³-hybridized carbons (Fsp3) is 0.308. The zero-order chi connectivity index (χ0) is 12.3. The van der Waals surface area contributed by atoms with Crippen LogP contribution in [0.5, 0.6) is 0 Å². The van der Waals surface area contributed by atoms with E-state index in [-0.39, 0.29) is 6.04 Å². The average Bonchev–Trinajstić information content (AvgIpc) is 2.78. The summed E-state index contributed by atoms with van der Waals surface area (Å²) in [5.74, 6) is 0. The van der Waals surface area contributed by atoms with E-state index in [1.807, 2.05) is 24.0 Å². The Kier molecular flexibility index (Phi) is 3.97. The van der Waals surface area contributed by atoms with Crippen LogP contribution in [0.25, 0.3) is 0 Å². The van der Waals surface area contributed by atoms with Crippen LogP contribution in [0.3, 0.4) is 0 Å². The standard InChI is InChI=1S/C13H16BrN3/c1-3-17-12(7-8-16-17)13(15-2)10-5-4-6-11(14)9-10/h4-9,13,15H,3H2,1-2H3. The van der Waals surface area contributed by atoms with Crippen molar-refractivity contribution in [2.75, 3.05) is 7.05 Å². The Bertz CT molecular complexity index is 493.